The van der Waals surface area contributed by atoms with Gasteiger partial charge in [-0.3, -0.25) is 19.3 Å². The highest BCUT2D eigenvalue weighted by atomic mass is 32.1. The minimum Gasteiger partial charge on any atom is -0.497 e. The van der Waals surface area contributed by atoms with Crippen molar-refractivity contribution < 1.29 is 23.9 Å². The number of nitrogens with one attached hydrogen (secondary N) is 1. The van der Waals surface area contributed by atoms with E-state index in [0.29, 0.717) is 29.4 Å². The lowest BCUT2D eigenvalue weighted by Gasteiger charge is -2.32. The van der Waals surface area contributed by atoms with Crippen molar-refractivity contribution in [1.82, 2.24) is 9.69 Å². The van der Waals surface area contributed by atoms with E-state index in [9.17, 15) is 14.4 Å². The summed E-state index contributed by atoms with van der Waals surface area (Å²) in [5.41, 5.74) is 12.2. The molecular formula is C27H31N5O5S. The zero-order valence-corrected chi connectivity index (χ0v) is 22.1. The van der Waals surface area contributed by atoms with Crippen molar-refractivity contribution >= 4 is 40.6 Å². The number of ether oxygens (including phenoxy) is 2. The topological polar surface area (TPSA) is 150 Å². The lowest BCUT2D eigenvalue weighted by Crippen LogP contribution is -2.46. The van der Waals surface area contributed by atoms with Gasteiger partial charge in [0.05, 0.1) is 19.4 Å². The van der Waals surface area contributed by atoms with Crippen molar-refractivity contribution in [2.24, 2.45) is 5.73 Å². The van der Waals surface area contributed by atoms with Crippen LogP contribution in [0.2, 0.25) is 0 Å². The third kappa shape index (κ3) is 5.72. The number of primary amides is 1. The maximum absolute atomic E-state index is 14.1. The summed E-state index contributed by atoms with van der Waals surface area (Å²) in [5.74, 6) is -0.635. The summed E-state index contributed by atoms with van der Waals surface area (Å²) in [5, 5.41) is 3.13. The highest BCUT2D eigenvalue weighted by molar-refractivity contribution is 7.09. The average molecular weight is 538 g/mol. The molecule has 0 unspecified atom stereocenters. The molecule has 1 aliphatic carbocycles. The fourth-order valence-electron chi connectivity index (χ4n) is 4.56. The molecule has 1 aliphatic rings. The molecule has 10 nitrogen and oxygen atoms in total. The van der Waals surface area contributed by atoms with Crippen molar-refractivity contribution in [3.8, 4) is 11.5 Å². The van der Waals surface area contributed by atoms with E-state index < -0.39 is 17.9 Å². The number of benzene rings is 2. The summed E-state index contributed by atoms with van der Waals surface area (Å²) in [7, 11) is 1.52. The van der Waals surface area contributed by atoms with Crippen LogP contribution in [0.15, 0.2) is 48.5 Å². The molecule has 3 aromatic rings. The molecule has 1 aromatic heterocycles. The Balaban J connectivity index is 1.85. The fraction of sp³-hybridized carbons (Fsp3) is 0.333. The zero-order valence-electron chi connectivity index (χ0n) is 21.3. The summed E-state index contributed by atoms with van der Waals surface area (Å²) < 4.78 is 15.0. The van der Waals surface area contributed by atoms with Crippen LogP contribution in [-0.4, -0.2) is 41.9 Å². The Labute approximate surface area is 225 Å². The van der Waals surface area contributed by atoms with Crippen molar-refractivity contribution in [3.05, 3.63) is 64.7 Å². The normalized spacial score (nSPS) is 14.1. The number of carbonyl (C=O) groups is 3. The average Bonchev–Trinajstić information content (AvgIpc) is 3.57. The molecule has 0 radical (unpaired) electrons. The second kappa shape index (κ2) is 12.0. The first-order valence-electron chi connectivity index (χ1n) is 12.4. The molecule has 38 heavy (non-hydrogen) atoms. The van der Waals surface area contributed by atoms with Gasteiger partial charge in [-0.1, -0.05) is 31.0 Å². The molecule has 1 heterocycles. The number of rotatable bonds is 10. The summed E-state index contributed by atoms with van der Waals surface area (Å²) >= 11 is 0.762. The maximum atomic E-state index is 14.1. The van der Waals surface area contributed by atoms with Crippen molar-refractivity contribution in [2.75, 3.05) is 24.4 Å². The predicted molar refractivity (Wildman–Crippen MR) is 146 cm³/mol. The monoisotopic (exact) mass is 537 g/mol. The fourth-order valence-corrected chi connectivity index (χ4v) is 5.31. The van der Waals surface area contributed by atoms with Crippen LogP contribution in [0.25, 0.3) is 0 Å². The van der Waals surface area contributed by atoms with Gasteiger partial charge in [-0.25, -0.2) is 0 Å². The van der Waals surface area contributed by atoms with E-state index in [2.05, 4.69) is 9.69 Å². The molecular weight excluding hydrogens is 506 g/mol. The Kier molecular flexibility index (Phi) is 8.47. The van der Waals surface area contributed by atoms with E-state index in [0.717, 1.165) is 37.2 Å². The van der Waals surface area contributed by atoms with E-state index in [1.807, 2.05) is 6.92 Å². The Bertz CT molecular complexity index is 1300. The molecule has 1 saturated carbocycles. The third-order valence-electron chi connectivity index (χ3n) is 6.42. The van der Waals surface area contributed by atoms with Gasteiger partial charge < -0.3 is 26.3 Å². The third-order valence-corrected chi connectivity index (χ3v) is 7.27. The number of nitrogens with zero attached hydrogens (tertiary/aromatic N) is 2. The summed E-state index contributed by atoms with van der Waals surface area (Å²) in [6.45, 7) is 2.38. The molecule has 4 rings (SSSR count). The Morgan fingerprint density at radius 3 is 2.45 bits per heavy atom. The number of nitrogens with two attached hydrogens (primary N) is 2. The van der Waals surface area contributed by atoms with Gasteiger partial charge in [0, 0.05) is 17.8 Å². The van der Waals surface area contributed by atoms with Gasteiger partial charge in [-0.2, -0.15) is 4.37 Å². The number of carbonyl (C=O) groups excluding carboxylic acids is 3. The first-order chi connectivity index (χ1) is 18.3. The standard InChI is InChI=1S/C27H31N5O5S/c1-3-37-19-13-11-16(12-14-19)23(26(34)30-17-7-4-5-8-17)32(18-9-6-10-20(15-18)36-2)27(35)24-21(28)22(25(29)33)31-38-24/h6,9-15,17,23H,3-5,7-8,28H2,1-2H3,(H2,29,33)(H,30,34)/t23-/m0/s1. The molecule has 1 fully saturated rings. The molecule has 0 spiro atoms. The van der Waals surface area contributed by atoms with E-state index in [-0.39, 0.29) is 28.2 Å². The number of hydrogen-bond donors (Lipinski definition) is 3. The number of aromatic nitrogens is 1. The number of amides is 3. The van der Waals surface area contributed by atoms with Gasteiger partial charge in [-0.15, -0.1) is 0 Å². The predicted octanol–water partition coefficient (Wildman–Crippen LogP) is 3.68. The minimum absolute atomic E-state index is 0.00576. The summed E-state index contributed by atoms with van der Waals surface area (Å²) in [4.78, 5) is 41.2. The molecule has 2 aromatic carbocycles. The highest BCUT2D eigenvalue weighted by Gasteiger charge is 2.37. The Morgan fingerprint density at radius 1 is 1.13 bits per heavy atom. The largest absolute Gasteiger partial charge is 0.497 e. The maximum Gasteiger partial charge on any atom is 0.273 e. The van der Waals surface area contributed by atoms with E-state index in [1.54, 1.807) is 48.5 Å². The molecule has 0 saturated heterocycles. The number of anilines is 2. The number of nitrogen functional groups attached to an aromatic ring is 1. The number of hydrogen-bond acceptors (Lipinski definition) is 8. The quantitative estimate of drug-likeness (QED) is 0.357. The molecule has 0 aliphatic heterocycles. The second-order valence-electron chi connectivity index (χ2n) is 8.91. The molecule has 1 atom stereocenters. The van der Waals surface area contributed by atoms with E-state index in [4.69, 9.17) is 20.9 Å². The van der Waals surface area contributed by atoms with Gasteiger partial charge >= 0.3 is 0 Å². The van der Waals surface area contributed by atoms with Crippen LogP contribution in [0, 0.1) is 0 Å². The number of methoxy groups -OCH3 is 1. The van der Waals surface area contributed by atoms with Crippen LogP contribution in [-0.2, 0) is 4.79 Å². The minimum atomic E-state index is -1.07. The summed E-state index contributed by atoms with van der Waals surface area (Å²) in [6.07, 6.45) is 3.81. The molecule has 5 N–H and O–H groups in total. The molecule has 0 bridgehead atoms. The van der Waals surface area contributed by atoms with Gasteiger partial charge in [0.15, 0.2) is 5.69 Å². The molecule has 11 heteroatoms. The van der Waals surface area contributed by atoms with Crippen molar-refractivity contribution in [1.29, 1.82) is 0 Å². The second-order valence-corrected chi connectivity index (χ2v) is 9.68. The highest BCUT2D eigenvalue weighted by Crippen LogP contribution is 2.35. The Morgan fingerprint density at radius 2 is 1.84 bits per heavy atom. The first-order valence-corrected chi connectivity index (χ1v) is 13.2. The first kappa shape index (κ1) is 26.9. The smallest absolute Gasteiger partial charge is 0.273 e. The van der Waals surface area contributed by atoms with Crippen LogP contribution in [0.5, 0.6) is 11.5 Å². The van der Waals surface area contributed by atoms with Crippen LogP contribution >= 0.6 is 11.5 Å². The Hall–Kier alpha value is -4.12. The van der Waals surface area contributed by atoms with Crippen molar-refractivity contribution in [2.45, 2.75) is 44.7 Å². The van der Waals surface area contributed by atoms with Crippen LogP contribution in [0.1, 0.15) is 64.4 Å². The van der Waals surface area contributed by atoms with E-state index in [1.165, 1.54) is 12.0 Å². The van der Waals surface area contributed by atoms with E-state index >= 15 is 0 Å². The van der Waals surface area contributed by atoms with Crippen molar-refractivity contribution in [3.63, 3.8) is 0 Å². The van der Waals surface area contributed by atoms with Gasteiger partial charge in [0.1, 0.15) is 22.4 Å². The van der Waals surface area contributed by atoms with Crippen LogP contribution in [0.4, 0.5) is 11.4 Å². The van der Waals surface area contributed by atoms with Gasteiger partial charge in [-0.05, 0) is 61.1 Å². The zero-order chi connectivity index (χ0) is 27.2. The molecule has 3 amide bonds. The molecule has 200 valence electrons. The van der Waals surface area contributed by atoms with Gasteiger partial charge in [0.2, 0.25) is 5.91 Å². The SMILES string of the molecule is CCOc1ccc([C@@H](C(=O)NC2CCCC2)N(C(=O)c2snc(C(N)=O)c2N)c2cccc(OC)c2)cc1. The van der Waals surface area contributed by atoms with Gasteiger partial charge in [0.25, 0.3) is 11.8 Å². The van der Waals surface area contributed by atoms with Crippen LogP contribution in [0.3, 0.4) is 0 Å². The van der Waals surface area contributed by atoms with Crippen LogP contribution < -0.4 is 31.2 Å². The lowest BCUT2D eigenvalue weighted by atomic mass is 10.0. The summed E-state index contributed by atoms with van der Waals surface area (Å²) in [6, 6.07) is 12.8. The lowest BCUT2D eigenvalue weighted by molar-refractivity contribution is -0.123.